The molecular weight excluding hydrogens is 386 g/mol. The van der Waals surface area contributed by atoms with Gasteiger partial charge in [0.15, 0.2) is 0 Å². The van der Waals surface area contributed by atoms with E-state index in [1.807, 2.05) is 54.6 Å². The minimum atomic E-state index is -0.120. The van der Waals surface area contributed by atoms with Crippen LogP contribution in [0.3, 0.4) is 0 Å². The number of ether oxygens (including phenoxy) is 1. The first-order valence-electron chi connectivity index (χ1n) is 9.37. The topological polar surface area (TPSA) is 71.5 Å². The Balaban J connectivity index is 1.66. The maximum Gasteiger partial charge on any atom is 0.239 e. The summed E-state index contributed by atoms with van der Waals surface area (Å²) < 4.78 is 6.30. The molecule has 29 heavy (non-hydrogen) atoms. The van der Waals surface area contributed by atoms with Gasteiger partial charge in [-0.2, -0.15) is 0 Å². The van der Waals surface area contributed by atoms with Crippen LogP contribution in [0.1, 0.15) is 17.0 Å². The fourth-order valence-corrected chi connectivity index (χ4v) is 4.20. The van der Waals surface area contributed by atoms with E-state index in [0.29, 0.717) is 13.1 Å². The summed E-state index contributed by atoms with van der Waals surface area (Å²) in [6.07, 6.45) is 2.18. The Morgan fingerprint density at radius 2 is 2.03 bits per heavy atom. The van der Waals surface area contributed by atoms with Gasteiger partial charge in [0.25, 0.3) is 0 Å². The van der Waals surface area contributed by atoms with Crippen molar-refractivity contribution in [2.75, 3.05) is 26.7 Å². The van der Waals surface area contributed by atoms with E-state index in [9.17, 15) is 9.59 Å². The second kappa shape index (κ2) is 8.45. The molecule has 1 aliphatic heterocycles. The Hall–Kier alpha value is -3.19. The number of nitrogens with zero attached hydrogens (tertiary/aromatic N) is 2. The summed E-state index contributed by atoms with van der Waals surface area (Å²) in [4.78, 5) is 30.9. The lowest BCUT2D eigenvalue weighted by molar-refractivity contribution is -0.137. The molecule has 0 unspecified atom stereocenters. The summed E-state index contributed by atoms with van der Waals surface area (Å²) in [5.74, 6) is 0.586. The number of piperazine rings is 1. The molecule has 0 aliphatic carbocycles. The standard InChI is InChI=1S/C22H21N3O3S/c1-28-17-8-6-15(7-9-17)12-16(13-21(27)25-11-10-23-20(26)14-25)22-24-18-4-2-3-5-19(18)29-22/h2-9,12H,10-11,13-14H2,1H3,(H,23,26). The third-order valence-electron chi connectivity index (χ3n) is 4.76. The Bertz CT molecular complexity index is 1040. The highest BCUT2D eigenvalue weighted by Crippen LogP contribution is 2.31. The van der Waals surface area contributed by atoms with E-state index in [-0.39, 0.29) is 24.8 Å². The van der Waals surface area contributed by atoms with Crippen molar-refractivity contribution in [3.8, 4) is 5.75 Å². The van der Waals surface area contributed by atoms with Crippen LogP contribution in [0.15, 0.2) is 48.5 Å². The molecule has 3 aromatic rings. The second-order valence-electron chi connectivity index (χ2n) is 6.77. The zero-order valence-electron chi connectivity index (χ0n) is 16.1. The molecule has 2 aromatic carbocycles. The van der Waals surface area contributed by atoms with Crippen molar-refractivity contribution < 1.29 is 14.3 Å². The lowest BCUT2D eigenvalue weighted by atomic mass is 10.1. The van der Waals surface area contributed by atoms with Gasteiger partial charge in [-0.3, -0.25) is 9.59 Å². The van der Waals surface area contributed by atoms with E-state index in [4.69, 9.17) is 9.72 Å². The smallest absolute Gasteiger partial charge is 0.239 e. The number of thiazole rings is 1. The third kappa shape index (κ3) is 4.46. The fraction of sp³-hybridized carbons (Fsp3) is 0.227. The van der Waals surface area contributed by atoms with E-state index < -0.39 is 0 Å². The molecule has 2 heterocycles. The third-order valence-corrected chi connectivity index (χ3v) is 5.87. The highest BCUT2D eigenvalue weighted by molar-refractivity contribution is 7.19. The zero-order chi connectivity index (χ0) is 20.2. The van der Waals surface area contributed by atoms with Crippen LogP contribution in [0.5, 0.6) is 5.75 Å². The van der Waals surface area contributed by atoms with E-state index >= 15 is 0 Å². The van der Waals surface area contributed by atoms with Gasteiger partial charge in [-0.15, -0.1) is 11.3 Å². The second-order valence-corrected chi connectivity index (χ2v) is 7.80. The minimum absolute atomic E-state index is 0.0705. The van der Waals surface area contributed by atoms with Gasteiger partial charge in [0, 0.05) is 13.1 Å². The quantitative estimate of drug-likeness (QED) is 0.705. The number of hydrogen-bond acceptors (Lipinski definition) is 5. The highest BCUT2D eigenvalue weighted by Gasteiger charge is 2.23. The van der Waals surface area contributed by atoms with Gasteiger partial charge < -0.3 is 15.0 Å². The van der Waals surface area contributed by atoms with Gasteiger partial charge in [0.05, 0.1) is 30.3 Å². The van der Waals surface area contributed by atoms with Crippen LogP contribution in [-0.4, -0.2) is 48.4 Å². The Kier molecular flexibility index (Phi) is 5.57. The molecule has 1 aromatic heterocycles. The van der Waals surface area contributed by atoms with E-state index in [1.165, 1.54) is 0 Å². The number of methoxy groups -OCH3 is 1. The largest absolute Gasteiger partial charge is 0.497 e. The molecule has 2 amide bonds. The van der Waals surface area contributed by atoms with Crippen molar-refractivity contribution >= 4 is 45.0 Å². The molecular formula is C22H21N3O3S. The van der Waals surface area contributed by atoms with Crippen molar-refractivity contribution in [2.24, 2.45) is 0 Å². The first-order valence-corrected chi connectivity index (χ1v) is 10.2. The molecule has 1 saturated heterocycles. The predicted molar refractivity (Wildman–Crippen MR) is 115 cm³/mol. The maximum atomic E-state index is 12.9. The van der Waals surface area contributed by atoms with Crippen LogP contribution >= 0.6 is 11.3 Å². The SMILES string of the molecule is COc1ccc(C=C(CC(=O)N2CCNC(=O)C2)c2nc3ccccc3s2)cc1. The molecule has 0 saturated carbocycles. The highest BCUT2D eigenvalue weighted by atomic mass is 32.1. The molecule has 0 spiro atoms. The Morgan fingerprint density at radius 1 is 1.24 bits per heavy atom. The zero-order valence-corrected chi connectivity index (χ0v) is 16.9. The lowest BCUT2D eigenvalue weighted by Crippen LogP contribution is -2.49. The molecule has 1 fully saturated rings. The van der Waals surface area contributed by atoms with Crippen LogP contribution in [-0.2, 0) is 9.59 Å². The molecule has 4 rings (SSSR count). The van der Waals surface area contributed by atoms with Crippen LogP contribution in [0.25, 0.3) is 21.9 Å². The number of aromatic nitrogens is 1. The number of carbonyl (C=O) groups excluding carboxylic acids is 2. The number of benzene rings is 2. The monoisotopic (exact) mass is 407 g/mol. The average Bonchev–Trinajstić information content (AvgIpc) is 3.18. The van der Waals surface area contributed by atoms with E-state index in [0.717, 1.165) is 32.1 Å². The van der Waals surface area contributed by atoms with Crippen molar-refractivity contribution in [1.29, 1.82) is 0 Å². The number of amides is 2. The number of fused-ring (bicyclic) bond motifs is 1. The van der Waals surface area contributed by atoms with Crippen molar-refractivity contribution in [1.82, 2.24) is 15.2 Å². The van der Waals surface area contributed by atoms with Crippen LogP contribution in [0, 0.1) is 0 Å². The fourth-order valence-electron chi connectivity index (χ4n) is 3.23. The summed E-state index contributed by atoms with van der Waals surface area (Å²) >= 11 is 1.57. The summed E-state index contributed by atoms with van der Waals surface area (Å²) in [6, 6.07) is 15.6. The molecule has 1 N–H and O–H groups in total. The van der Waals surface area contributed by atoms with Gasteiger partial charge in [0.1, 0.15) is 10.8 Å². The van der Waals surface area contributed by atoms with Gasteiger partial charge >= 0.3 is 0 Å². The summed E-state index contributed by atoms with van der Waals surface area (Å²) in [7, 11) is 1.63. The molecule has 6 nitrogen and oxygen atoms in total. The number of rotatable bonds is 5. The van der Waals surface area contributed by atoms with Crippen LogP contribution < -0.4 is 10.1 Å². The summed E-state index contributed by atoms with van der Waals surface area (Å²) in [6.45, 7) is 1.12. The van der Waals surface area contributed by atoms with Crippen LogP contribution in [0.2, 0.25) is 0 Å². The maximum absolute atomic E-state index is 12.9. The van der Waals surface area contributed by atoms with Crippen molar-refractivity contribution in [3.63, 3.8) is 0 Å². The lowest BCUT2D eigenvalue weighted by Gasteiger charge is -2.26. The van der Waals surface area contributed by atoms with Gasteiger partial charge in [-0.05, 0) is 41.5 Å². The number of carbonyl (C=O) groups is 2. The van der Waals surface area contributed by atoms with E-state index in [1.54, 1.807) is 23.3 Å². The van der Waals surface area contributed by atoms with Gasteiger partial charge in [-0.25, -0.2) is 4.98 Å². The van der Waals surface area contributed by atoms with Gasteiger partial charge in [-0.1, -0.05) is 24.3 Å². The average molecular weight is 407 g/mol. The number of nitrogens with one attached hydrogen (secondary N) is 1. The number of hydrogen-bond donors (Lipinski definition) is 1. The molecule has 0 radical (unpaired) electrons. The number of para-hydroxylation sites is 1. The normalized spacial score (nSPS) is 14.7. The molecule has 148 valence electrons. The molecule has 7 heteroatoms. The van der Waals surface area contributed by atoms with Crippen LogP contribution in [0.4, 0.5) is 0 Å². The van der Waals surface area contributed by atoms with Gasteiger partial charge in [0.2, 0.25) is 11.8 Å². The first kappa shape index (κ1) is 19.1. The van der Waals surface area contributed by atoms with E-state index in [2.05, 4.69) is 5.32 Å². The summed E-state index contributed by atoms with van der Waals surface area (Å²) in [5.41, 5.74) is 2.72. The predicted octanol–water partition coefficient (Wildman–Crippen LogP) is 3.19. The minimum Gasteiger partial charge on any atom is -0.497 e. The first-order chi connectivity index (χ1) is 14.1. The molecule has 1 aliphatic rings. The molecule has 0 bridgehead atoms. The van der Waals surface area contributed by atoms with Crippen molar-refractivity contribution in [2.45, 2.75) is 6.42 Å². The molecule has 0 atom stereocenters. The summed E-state index contributed by atoms with van der Waals surface area (Å²) in [5, 5.41) is 3.57. The Labute approximate surface area is 172 Å². The Morgan fingerprint density at radius 3 is 2.76 bits per heavy atom. The van der Waals surface area contributed by atoms with Crippen molar-refractivity contribution in [3.05, 3.63) is 59.1 Å².